The first-order valence-corrected chi connectivity index (χ1v) is 13.8. The van der Waals surface area contributed by atoms with Crippen LogP contribution in [0.15, 0.2) is 59.2 Å². The topological polar surface area (TPSA) is 81.5 Å². The van der Waals surface area contributed by atoms with Crippen molar-refractivity contribution in [3.05, 3.63) is 70.2 Å². The van der Waals surface area contributed by atoms with E-state index >= 15 is 0 Å². The fraction of sp³-hybridized carbons (Fsp3) is 0.417. The number of rotatable bonds is 9. The first-order chi connectivity index (χ1) is 16.0. The molecule has 2 fully saturated rings. The van der Waals surface area contributed by atoms with Gasteiger partial charge in [-0.1, -0.05) is 36.4 Å². The number of thiophene rings is 1. The lowest BCUT2D eigenvalue weighted by molar-refractivity contribution is 0.0505. The fourth-order valence-electron chi connectivity index (χ4n) is 4.31. The third-order valence-corrected chi connectivity index (χ3v) is 8.48. The molecule has 0 N–H and O–H groups in total. The van der Waals surface area contributed by atoms with E-state index in [0.29, 0.717) is 24.6 Å². The largest absolute Gasteiger partial charge is 0.376 e. The van der Waals surface area contributed by atoms with E-state index in [0.717, 1.165) is 36.9 Å². The molecular weight excluding hydrogens is 458 g/mol. The Bertz CT molecular complexity index is 1200. The highest BCUT2D eigenvalue weighted by atomic mass is 32.2. The van der Waals surface area contributed by atoms with Gasteiger partial charge in [0.15, 0.2) is 0 Å². The van der Waals surface area contributed by atoms with Crippen molar-refractivity contribution in [2.75, 3.05) is 13.2 Å². The number of hydrogen-bond donors (Lipinski definition) is 0. The monoisotopic (exact) mass is 485 g/mol. The van der Waals surface area contributed by atoms with E-state index < -0.39 is 9.84 Å². The lowest BCUT2D eigenvalue weighted by atomic mass is 10.2. The lowest BCUT2D eigenvalue weighted by Gasteiger charge is -2.25. The third-order valence-electron chi connectivity index (χ3n) is 6.05. The van der Waals surface area contributed by atoms with Crippen LogP contribution in [0.5, 0.6) is 0 Å². The van der Waals surface area contributed by atoms with Crippen LogP contribution in [0.1, 0.15) is 52.7 Å². The zero-order valence-electron chi connectivity index (χ0n) is 18.3. The van der Waals surface area contributed by atoms with E-state index in [-0.39, 0.29) is 29.0 Å². The van der Waals surface area contributed by atoms with Gasteiger partial charge in [0, 0.05) is 19.2 Å². The smallest absolute Gasteiger partial charge is 0.264 e. The highest BCUT2D eigenvalue weighted by molar-refractivity contribution is 7.90. The molecule has 0 unspecified atom stereocenters. The van der Waals surface area contributed by atoms with Crippen molar-refractivity contribution < 1.29 is 17.9 Å². The summed E-state index contributed by atoms with van der Waals surface area (Å²) < 4.78 is 34.2. The number of sulfone groups is 1. The molecule has 0 bridgehead atoms. The number of aromatic nitrogens is 2. The number of carbonyl (C=O) groups excluding carboxylic acids is 1. The molecule has 5 rings (SSSR count). The zero-order valence-corrected chi connectivity index (χ0v) is 19.9. The fourth-order valence-corrected chi connectivity index (χ4v) is 6.54. The maximum atomic E-state index is 13.3. The summed E-state index contributed by atoms with van der Waals surface area (Å²) in [4.78, 5) is 20.1. The first-order valence-electron chi connectivity index (χ1n) is 11.3. The summed E-state index contributed by atoms with van der Waals surface area (Å²) in [6.45, 7) is 1.51. The molecule has 1 amide bonds. The summed E-state index contributed by atoms with van der Waals surface area (Å²) in [5.41, 5.74) is 1.49. The van der Waals surface area contributed by atoms with E-state index in [4.69, 9.17) is 4.74 Å². The molecule has 0 spiro atoms. The maximum Gasteiger partial charge on any atom is 0.264 e. The van der Waals surface area contributed by atoms with Crippen LogP contribution >= 0.6 is 11.3 Å². The maximum absolute atomic E-state index is 13.3. The highest BCUT2D eigenvalue weighted by Gasteiger charge is 2.34. The van der Waals surface area contributed by atoms with Crippen LogP contribution in [0.25, 0.3) is 0 Å². The van der Waals surface area contributed by atoms with Gasteiger partial charge in [-0.15, -0.1) is 11.3 Å². The first kappa shape index (κ1) is 22.3. The van der Waals surface area contributed by atoms with Crippen LogP contribution in [0.2, 0.25) is 0 Å². The molecule has 1 aromatic carbocycles. The van der Waals surface area contributed by atoms with Gasteiger partial charge >= 0.3 is 0 Å². The van der Waals surface area contributed by atoms with Gasteiger partial charge < -0.3 is 14.2 Å². The van der Waals surface area contributed by atoms with Crippen LogP contribution in [0.4, 0.5) is 0 Å². The molecule has 1 atom stereocenters. The van der Waals surface area contributed by atoms with E-state index in [1.807, 2.05) is 52.4 Å². The van der Waals surface area contributed by atoms with Crippen LogP contribution in [-0.4, -0.2) is 48.0 Å². The Labute approximate surface area is 197 Å². The van der Waals surface area contributed by atoms with Gasteiger partial charge in [-0.05, 0) is 42.7 Å². The van der Waals surface area contributed by atoms with E-state index in [1.54, 1.807) is 11.1 Å². The molecule has 1 saturated heterocycles. The van der Waals surface area contributed by atoms with Gasteiger partial charge in [0.1, 0.15) is 0 Å². The number of carbonyl (C=O) groups is 1. The summed E-state index contributed by atoms with van der Waals surface area (Å²) in [6, 6.07) is 13.0. The van der Waals surface area contributed by atoms with E-state index in [9.17, 15) is 13.2 Å². The predicted octanol–water partition coefficient (Wildman–Crippen LogP) is 4.07. The molecule has 2 aromatic heterocycles. The molecule has 9 heteroatoms. The molecule has 1 aliphatic carbocycles. The molecule has 174 valence electrons. The average molecular weight is 486 g/mol. The average Bonchev–Trinajstić information content (AvgIpc) is 3.21. The molecule has 1 saturated carbocycles. The van der Waals surface area contributed by atoms with Gasteiger partial charge in [-0.2, -0.15) is 0 Å². The Balaban J connectivity index is 1.44. The molecule has 0 radical (unpaired) electrons. The standard InChI is InChI=1S/C24H27N3O4S2/c28-23(22-9-5-13-32-22)26(16-21-8-4-12-31-21)15-20-14-25-24(27(20)19-10-11-19)33(29,30)17-18-6-2-1-3-7-18/h1-3,5-7,9,13-14,19,21H,4,8,10-12,15-17H2/t21-/m0/s1. The Morgan fingerprint density at radius 2 is 1.97 bits per heavy atom. The van der Waals surface area contributed by atoms with Crippen LogP contribution in [0, 0.1) is 0 Å². The second kappa shape index (κ2) is 9.40. The summed E-state index contributed by atoms with van der Waals surface area (Å²) in [7, 11) is -3.62. The molecule has 1 aliphatic heterocycles. The van der Waals surface area contributed by atoms with E-state index in [2.05, 4.69) is 4.98 Å². The zero-order chi connectivity index (χ0) is 22.8. The minimum atomic E-state index is -3.62. The van der Waals surface area contributed by atoms with Crippen LogP contribution in [0.3, 0.4) is 0 Å². The molecular formula is C24H27N3O4S2. The van der Waals surface area contributed by atoms with Gasteiger partial charge in [-0.3, -0.25) is 4.79 Å². The second-order valence-corrected chi connectivity index (χ2v) is 11.5. The molecule has 33 heavy (non-hydrogen) atoms. The van der Waals surface area contributed by atoms with Crippen molar-refractivity contribution in [3.8, 4) is 0 Å². The normalized spacial score (nSPS) is 18.5. The Hall–Kier alpha value is -2.49. The van der Waals surface area contributed by atoms with Crippen molar-refractivity contribution >= 4 is 27.1 Å². The van der Waals surface area contributed by atoms with Crippen LogP contribution < -0.4 is 0 Å². The number of amides is 1. The number of hydrogen-bond acceptors (Lipinski definition) is 6. The predicted molar refractivity (Wildman–Crippen MR) is 126 cm³/mol. The summed E-state index contributed by atoms with van der Waals surface area (Å²) in [5.74, 6) is -0.150. The van der Waals surface area contributed by atoms with Crippen molar-refractivity contribution in [2.24, 2.45) is 0 Å². The van der Waals surface area contributed by atoms with Crippen LogP contribution in [-0.2, 0) is 26.9 Å². The summed E-state index contributed by atoms with van der Waals surface area (Å²) in [6.07, 6.45) is 5.39. The SMILES string of the molecule is O=C(c1cccs1)N(Cc1cnc(S(=O)(=O)Cc2ccccc2)n1C1CC1)C[C@@H]1CCCO1. The quantitative estimate of drug-likeness (QED) is 0.456. The molecule has 3 aromatic rings. The van der Waals surface area contributed by atoms with Gasteiger partial charge in [0.25, 0.3) is 5.91 Å². The number of benzene rings is 1. The summed E-state index contributed by atoms with van der Waals surface area (Å²) >= 11 is 1.41. The molecule has 3 heterocycles. The van der Waals surface area contributed by atoms with Gasteiger partial charge in [0.05, 0.1) is 35.2 Å². The summed E-state index contributed by atoms with van der Waals surface area (Å²) in [5, 5.41) is 1.99. The number of ether oxygens (including phenoxy) is 1. The third kappa shape index (κ3) is 5.05. The molecule has 2 aliphatic rings. The Morgan fingerprint density at radius 1 is 1.15 bits per heavy atom. The number of imidazole rings is 1. The van der Waals surface area contributed by atoms with Gasteiger partial charge in [0.2, 0.25) is 15.0 Å². The van der Waals surface area contributed by atoms with Gasteiger partial charge in [-0.25, -0.2) is 13.4 Å². The second-order valence-electron chi connectivity index (χ2n) is 8.68. The number of nitrogens with zero attached hydrogens (tertiary/aromatic N) is 3. The Kier molecular flexibility index (Phi) is 6.36. The van der Waals surface area contributed by atoms with Crippen molar-refractivity contribution in [1.29, 1.82) is 0 Å². The van der Waals surface area contributed by atoms with Crippen molar-refractivity contribution in [3.63, 3.8) is 0 Å². The van der Waals surface area contributed by atoms with Crippen molar-refractivity contribution in [1.82, 2.24) is 14.5 Å². The minimum absolute atomic E-state index is 0.00694. The van der Waals surface area contributed by atoms with E-state index in [1.165, 1.54) is 11.3 Å². The molecule has 7 nitrogen and oxygen atoms in total. The minimum Gasteiger partial charge on any atom is -0.376 e. The van der Waals surface area contributed by atoms with Crippen molar-refractivity contribution in [2.45, 2.75) is 55.3 Å². The highest BCUT2D eigenvalue weighted by Crippen LogP contribution is 2.39. The Morgan fingerprint density at radius 3 is 2.64 bits per heavy atom. The lowest BCUT2D eigenvalue weighted by Crippen LogP contribution is -2.37.